The molecule has 0 bridgehead atoms. The van der Waals surface area contributed by atoms with Crippen LogP contribution in [0.3, 0.4) is 0 Å². The van der Waals surface area contributed by atoms with E-state index >= 15 is 0 Å². The fourth-order valence-corrected chi connectivity index (χ4v) is 3.13. The average Bonchev–Trinajstić information content (AvgIpc) is 3.23. The van der Waals surface area contributed by atoms with E-state index < -0.39 is 17.6 Å². The number of nitrogens with one attached hydrogen (secondary N) is 1. The van der Waals surface area contributed by atoms with Gasteiger partial charge in [-0.2, -0.15) is 0 Å². The number of esters is 2. The van der Waals surface area contributed by atoms with E-state index in [1.54, 1.807) is 24.7 Å². The summed E-state index contributed by atoms with van der Waals surface area (Å²) in [7, 11) is 0. The van der Waals surface area contributed by atoms with Crippen molar-refractivity contribution in [1.29, 1.82) is 0 Å². The van der Waals surface area contributed by atoms with Crippen molar-refractivity contribution in [3.63, 3.8) is 0 Å². The van der Waals surface area contributed by atoms with Gasteiger partial charge in [-0.1, -0.05) is 57.2 Å². The van der Waals surface area contributed by atoms with Gasteiger partial charge in [0.05, 0.1) is 6.33 Å². The maximum Gasteiger partial charge on any atom is 0.330 e. The van der Waals surface area contributed by atoms with E-state index in [-0.39, 0.29) is 18.0 Å². The minimum atomic E-state index is -0.558. The lowest BCUT2D eigenvalue weighted by molar-refractivity contribution is -0.160. The van der Waals surface area contributed by atoms with Crippen LogP contribution in [0.2, 0.25) is 0 Å². The van der Waals surface area contributed by atoms with Crippen LogP contribution in [0.5, 0.6) is 0 Å². The first-order valence-electron chi connectivity index (χ1n) is 11.4. The van der Waals surface area contributed by atoms with E-state index in [1.807, 2.05) is 70.5 Å². The van der Waals surface area contributed by atoms with Gasteiger partial charge >= 0.3 is 11.9 Å². The molecule has 0 spiro atoms. The second-order valence-corrected chi connectivity index (χ2v) is 10.2. The lowest BCUT2D eigenvalue weighted by Gasteiger charge is -2.32. The number of ether oxygens (including phenoxy) is 2. The Hall–Kier alpha value is -3.19. The number of carbonyl (C=O) groups is 2. The molecule has 7 nitrogen and oxygen atoms in total. The van der Waals surface area contributed by atoms with Crippen molar-refractivity contribution in [2.75, 3.05) is 13.2 Å². The molecule has 1 aromatic heterocycles. The summed E-state index contributed by atoms with van der Waals surface area (Å²) in [6.07, 6.45) is 12.2. The zero-order valence-electron chi connectivity index (χ0n) is 21.1. The summed E-state index contributed by atoms with van der Waals surface area (Å²) in [4.78, 5) is 28.5. The Morgan fingerprint density at radius 1 is 1.09 bits per heavy atom. The minimum Gasteiger partial charge on any atom is -0.459 e. The predicted octanol–water partition coefficient (Wildman–Crippen LogP) is 4.39. The van der Waals surface area contributed by atoms with E-state index in [1.165, 1.54) is 11.6 Å². The molecule has 1 heterocycles. The molecular formula is C27H37N3O4. The molecule has 0 saturated heterocycles. The van der Waals surface area contributed by atoms with Gasteiger partial charge in [0.1, 0.15) is 18.2 Å². The number of imidazole rings is 1. The Bertz CT molecular complexity index is 963. The summed E-state index contributed by atoms with van der Waals surface area (Å²) in [6.45, 7) is 12.7. The third-order valence-corrected chi connectivity index (χ3v) is 4.74. The van der Waals surface area contributed by atoms with Crippen LogP contribution in [0.1, 0.15) is 52.7 Å². The molecule has 1 atom stereocenters. The molecule has 0 radical (unpaired) electrons. The number of aromatic nitrogens is 2. The van der Waals surface area contributed by atoms with Crippen LogP contribution >= 0.6 is 0 Å². The minimum absolute atomic E-state index is 0.177. The lowest BCUT2D eigenvalue weighted by Crippen LogP contribution is -2.49. The Morgan fingerprint density at radius 3 is 2.38 bits per heavy atom. The average molecular weight is 468 g/mol. The van der Waals surface area contributed by atoms with Gasteiger partial charge in [0.25, 0.3) is 0 Å². The molecule has 0 aliphatic carbocycles. The van der Waals surface area contributed by atoms with Gasteiger partial charge < -0.3 is 19.4 Å². The van der Waals surface area contributed by atoms with Gasteiger partial charge in [0, 0.05) is 31.6 Å². The van der Waals surface area contributed by atoms with Crippen LogP contribution in [-0.2, 0) is 25.6 Å². The van der Waals surface area contributed by atoms with E-state index in [9.17, 15) is 9.59 Å². The molecule has 0 amide bonds. The summed E-state index contributed by atoms with van der Waals surface area (Å²) in [5.74, 6) is -0.748. The van der Waals surface area contributed by atoms with Gasteiger partial charge in [0.2, 0.25) is 0 Å². The number of nitrogens with zero attached hydrogens (tertiary/aromatic N) is 2. The highest BCUT2D eigenvalue weighted by atomic mass is 16.6. The monoisotopic (exact) mass is 467 g/mol. The van der Waals surface area contributed by atoms with Crippen molar-refractivity contribution in [2.24, 2.45) is 5.41 Å². The Labute approximate surface area is 202 Å². The number of rotatable bonds is 10. The summed E-state index contributed by atoms with van der Waals surface area (Å²) < 4.78 is 12.7. The molecule has 0 aliphatic heterocycles. The molecule has 34 heavy (non-hydrogen) atoms. The van der Waals surface area contributed by atoms with Crippen LogP contribution in [-0.4, -0.2) is 46.3 Å². The molecule has 184 valence electrons. The standard InChI is InChI=1S/C27H37N3O4/c1-26(2,3)24(25(32)34-27(4,5)6)29-15-7-10-23(31)33-18-8-9-21-11-13-22(14-12-21)19-30-17-16-28-20-30/h7-14,16-17,20,24,29H,15,18-19H2,1-6H3/t24-/m0/s1. The highest BCUT2D eigenvalue weighted by Crippen LogP contribution is 2.22. The van der Waals surface area contributed by atoms with E-state index in [0.29, 0.717) is 6.54 Å². The largest absolute Gasteiger partial charge is 0.459 e. The van der Waals surface area contributed by atoms with Gasteiger partial charge in [0.15, 0.2) is 0 Å². The topological polar surface area (TPSA) is 82.5 Å². The number of carbonyl (C=O) groups excluding carboxylic acids is 2. The molecular weight excluding hydrogens is 430 g/mol. The van der Waals surface area contributed by atoms with Crippen molar-refractivity contribution in [2.45, 2.75) is 59.7 Å². The quantitative estimate of drug-likeness (QED) is 0.412. The fraction of sp³-hybridized carbons (Fsp3) is 0.444. The summed E-state index contributed by atoms with van der Waals surface area (Å²) in [5.41, 5.74) is 1.32. The van der Waals surface area contributed by atoms with E-state index in [0.717, 1.165) is 12.1 Å². The van der Waals surface area contributed by atoms with Crippen LogP contribution in [0, 0.1) is 5.41 Å². The molecule has 7 heteroatoms. The smallest absolute Gasteiger partial charge is 0.330 e. The molecule has 2 aromatic rings. The van der Waals surface area contributed by atoms with Crippen LogP contribution in [0.4, 0.5) is 0 Å². The van der Waals surface area contributed by atoms with Crippen molar-refractivity contribution in [3.8, 4) is 0 Å². The first-order valence-corrected chi connectivity index (χ1v) is 11.4. The van der Waals surface area contributed by atoms with E-state index in [2.05, 4.69) is 22.4 Å². The Morgan fingerprint density at radius 2 is 1.79 bits per heavy atom. The zero-order chi connectivity index (χ0) is 25.2. The molecule has 1 N–H and O–H groups in total. The summed E-state index contributed by atoms with van der Waals surface area (Å²) in [5, 5.41) is 3.16. The lowest BCUT2D eigenvalue weighted by atomic mass is 9.86. The summed E-state index contributed by atoms with van der Waals surface area (Å²) in [6, 6.07) is 7.66. The normalized spacial score (nSPS) is 13.4. The third kappa shape index (κ3) is 10.2. The van der Waals surface area contributed by atoms with E-state index in [4.69, 9.17) is 9.47 Å². The molecule has 1 aromatic carbocycles. The van der Waals surface area contributed by atoms with Crippen molar-refractivity contribution < 1.29 is 19.1 Å². The molecule has 0 aliphatic rings. The highest BCUT2D eigenvalue weighted by Gasteiger charge is 2.34. The predicted molar refractivity (Wildman–Crippen MR) is 134 cm³/mol. The number of hydrogen-bond donors (Lipinski definition) is 1. The first kappa shape index (κ1) is 27.1. The Kier molecular flexibility index (Phi) is 9.81. The van der Waals surface area contributed by atoms with Crippen LogP contribution in [0.15, 0.2) is 61.2 Å². The van der Waals surface area contributed by atoms with Crippen LogP contribution in [0.25, 0.3) is 6.08 Å². The molecule has 2 rings (SSSR count). The second-order valence-electron chi connectivity index (χ2n) is 10.2. The molecule has 0 fully saturated rings. The molecule has 0 saturated carbocycles. The zero-order valence-corrected chi connectivity index (χ0v) is 21.1. The number of benzene rings is 1. The highest BCUT2D eigenvalue weighted by molar-refractivity contribution is 5.82. The maximum absolute atomic E-state index is 12.5. The van der Waals surface area contributed by atoms with Gasteiger partial charge in [-0.25, -0.2) is 9.78 Å². The Balaban J connectivity index is 1.74. The third-order valence-electron chi connectivity index (χ3n) is 4.74. The van der Waals surface area contributed by atoms with Gasteiger partial charge in [-0.15, -0.1) is 0 Å². The van der Waals surface area contributed by atoms with Crippen molar-refractivity contribution >= 4 is 18.0 Å². The first-order chi connectivity index (χ1) is 15.9. The molecule has 0 unspecified atom stereocenters. The van der Waals surface area contributed by atoms with Crippen molar-refractivity contribution in [3.05, 3.63) is 72.3 Å². The van der Waals surface area contributed by atoms with Crippen molar-refractivity contribution in [1.82, 2.24) is 14.9 Å². The summed E-state index contributed by atoms with van der Waals surface area (Å²) >= 11 is 0. The van der Waals surface area contributed by atoms with Crippen LogP contribution < -0.4 is 5.32 Å². The van der Waals surface area contributed by atoms with Gasteiger partial charge in [-0.3, -0.25) is 4.79 Å². The maximum atomic E-state index is 12.5. The number of hydrogen-bond acceptors (Lipinski definition) is 6. The SMILES string of the molecule is CC(C)(C)OC(=O)[C@H](NCC=CC(=O)OCC=Cc1ccc(Cn2ccnc2)cc1)C(C)(C)C. The second kappa shape index (κ2) is 12.3. The fourth-order valence-electron chi connectivity index (χ4n) is 3.13. The van der Waals surface area contributed by atoms with Gasteiger partial charge in [-0.05, 0) is 43.4 Å².